The highest BCUT2D eigenvalue weighted by Crippen LogP contribution is 2.14. The summed E-state index contributed by atoms with van der Waals surface area (Å²) in [6, 6.07) is 14.1. The predicted molar refractivity (Wildman–Crippen MR) is 107 cm³/mol. The Morgan fingerprint density at radius 3 is 2.85 bits per heavy atom. The number of guanidine groups is 1. The standard InChI is InChI=1S/C20H27N5O/c1-22-20(21)24-18-10-7-8-17(14-18)15-25(12-5-2-6-13-26)16-19-9-3-4-11-23-19/h2-5,7-11,14,26H,6,12-13,15-16H2,1H3,(H3,21,22,24)/b5-2+. The van der Waals surface area contributed by atoms with E-state index in [0.717, 1.165) is 31.0 Å². The second-order valence-corrected chi connectivity index (χ2v) is 5.91. The summed E-state index contributed by atoms with van der Waals surface area (Å²) in [5, 5.41) is 12.0. The van der Waals surface area contributed by atoms with E-state index in [0.29, 0.717) is 12.4 Å². The van der Waals surface area contributed by atoms with Gasteiger partial charge in [0, 0.05) is 45.2 Å². The van der Waals surface area contributed by atoms with Gasteiger partial charge in [0.1, 0.15) is 0 Å². The van der Waals surface area contributed by atoms with Crippen LogP contribution in [-0.2, 0) is 13.1 Å². The first-order chi connectivity index (χ1) is 12.7. The summed E-state index contributed by atoms with van der Waals surface area (Å²) in [6.07, 6.45) is 6.57. The molecule has 0 bridgehead atoms. The van der Waals surface area contributed by atoms with Crippen LogP contribution < -0.4 is 11.1 Å². The molecule has 0 aliphatic rings. The molecule has 0 radical (unpaired) electrons. The summed E-state index contributed by atoms with van der Waals surface area (Å²) in [6.45, 7) is 2.48. The molecule has 0 spiro atoms. The molecule has 138 valence electrons. The van der Waals surface area contributed by atoms with Crippen molar-refractivity contribution in [2.75, 3.05) is 25.5 Å². The maximum atomic E-state index is 8.92. The average Bonchev–Trinajstić information content (AvgIpc) is 2.66. The van der Waals surface area contributed by atoms with E-state index < -0.39 is 0 Å². The first-order valence-electron chi connectivity index (χ1n) is 8.67. The molecule has 1 aromatic heterocycles. The fraction of sp³-hybridized carbons (Fsp3) is 0.300. The Hall–Kier alpha value is -2.70. The highest BCUT2D eigenvalue weighted by Gasteiger charge is 2.07. The molecule has 0 saturated carbocycles. The van der Waals surface area contributed by atoms with Crippen molar-refractivity contribution in [3.63, 3.8) is 0 Å². The SMILES string of the molecule is CN=C(N)Nc1cccc(CN(C/C=C/CCO)Cc2ccccn2)c1. The molecule has 6 heteroatoms. The van der Waals surface area contributed by atoms with Crippen LogP contribution in [0.4, 0.5) is 5.69 Å². The monoisotopic (exact) mass is 353 g/mol. The Morgan fingerprint density at radius 2 is 2.12 bits per heavy atom. The smallest absolute Gasteiger partial charge is 0.192 e. The van der Waals surface area contributed by atoms with Gasteiger partial charge in [-0.15, -0.1) is 0 Å². The Kier molecular flexibility index (Phi) is 8.32. The number of aliphatic hydroxyl groups excluding tert-OH is 1. The lowest BCUT2D eigenvalue weighted by molar-refractivity contribution is 0.281. The van der Waals surface area contributed by atoms with Crippen LogP contribution in [0.15, 0.2) is 65.8 Å². The molecule has 0 aliphatic heterocycles. The zero-order chi connectivity index (χ0) is 18.6. The number of anilines is 1. The highest BCUT2D eigenvalue weighted by molar-refractivity contribution is 5.92. The van der Waals surface area contributed by atoms with E-state index in [1.54, 1.807) is 7.05 Å². The number of hydrogen-bond donors (Lipinski definition) is 3. The molecule has 26 heavy (non-hydrogen) atoms. The minimum absolute atomic E-state index is 0.171. The molecular formula is C20H27N5O. The predicted octanol–water partition coefficient (Wildman–Crippen LogP) is 2.38. The molecule has 0 unspecified atom stereocenters. The number of nitrogens with zero attached hydrogens (tertiary/aromatic N) is 3. The Labute approximate surface area is 155 Å². The van der Waals surface area contributed by atoms with E-state index in [9.17, 15) is 0 Å². The number of aromatic nitrogens is 1. The molecule has 0 atom stereocenters. The van der Waals surface area contributed by atoms with Crippen LogP contribution in [0.3, 0.4) is 0 Å². The third kappa shape index (κ3) is 7.04. The Bertz CT molecular complexity index is 715. The molecule has 6 nitrogen and oxygen atoms in total. The van der Waals surface area contributed by atoms with Gasteiger partial charge in [-0.1, -0.05) is 30.4 Å². The summed E-state index contributed by atoms with van der Waals surface area (Å²) in [7, 11) is 1.65. The fourth-order valence-electron chi connectivity index (χ4n) is 2.53. The van der Waals surface area contributed by atoms with E-state index >= 15 is 0 Å². The molecule has 1 aromatic carbocycles. The van der Waals surface area contributed by atoms with Crippen molar-refractivity contribution in [3.05, 3.63) is 72.1 Å². The van der Waals surface area contributed by atoms with Crippen LogP contribution in [0.1, 0.15) is 17.7 Å². The number of nitrogens with one attached hydrogen (secondary N) is 1. The number of aliphatic hydroxyl groups is 1. The average molecular weight is 353 g/mol. The second kappa shape index (κ2) is 11.0. The van der Waals surface area contributed by atoms with Gasteiger partial charge in [-0.25, -0.2) is 0 Å². The Morgan fingerprint density at radius 1 is 1.23 bits per heavy atom. The van der Waals surface area contributed by atoms with Gasteiger partial charge < -0.3 is 16.2 Å². The summed E-state index contributed by atoms with van der Waals surface area (Å²) < 4.78 is 0. The van der Waals surface area contributed by atoms with Crippen molar-refractivity contribution in [3.8, 4) is 0 Å². The minimum Gasteiger partial charge on any atom is -0.396 e. The first kappa shape index (κ1) is 19.6. The summed E-state index contributed by atoms with van der Waals surface area (Å²) in [4.78, 5) is 10.6. The largest absolute Gasteiger partial charge is 0.396 e. The zero-order valence-corrected chi connectivity index (χ0v) is 15.2. The minimum atomic E-state index is 0.171. The van der Waals surface area contributed by atoms with Crippen molar-refractivity contribution < 1.29 is 5.11 Å². The summed E-state index contributed by atoms with van der Waals surface area (Å²) >= 11 is 0. The second-order valence-electron chi connectivity index (χ2n) is 5.91. The molecule has 2 rings (SSSR count). The van der Waals surface area contributed by atoms with E-state index in [-0.39, 0.29) is 6.61 Å². The van der Waals surface area contributed by atoms with Crippen LogP contribution in [0, 0.1) is 0 Å². The van der Waals surface area contributed by atoms with Gasteiger partial charge in [0.15, 0.2) is 5.96 Å². The zero-order valence-electron chi connectivity index (χ0n) is 15.2. The number of rotatable bonds is 9. The molecular weight excluding hydrogens is 326 g/mol. The third-order valence-corrected chi connectivity index (χ3v) is 3.78. The van der Waals surface area contributed by atoms with E-state index in [2.05, 4.69) is 38.4 Å². The van der Waals surface area contributed by atoms with Crippen LogP contribution in [0.5, 0.6) is 0 Å². The number of pyridine rings is 1. The third-order valence-electron chi connectivity index (χ3n) is 3.78. The van der Waals surface area contributed by atoms with Crippen molar-refractivity contribution in [2.45, 2.75) is 19.5 Å². The number of benzene rings is 1. The molecule has 4 N–H and O–H groups in total. The van der Waals surface area contributed by atoms with Gasteiger partial charge in [-0.2, -0.15) is 0 Å². The van der Waals surface area contributed by atoms with Crippen molar-refractivity contribution in [1.82, 2.24) is 9.88 Å². The summed E-state index contributed by atoms with van der Waals surface area (Å²) in [5.74, 6) is 0.388. The molecule has 0 saturated heterocycles. The van der Waals surface area contributed by atoms with Gasteiger partial charge in [0.05, 0.1) is 5.69 Å². The van der Waals surface area contributed by atoms with Gasteiger partial charge in [0.2, 0.25) is 0 Å². The Balaban J connectivity index is 2.08. The normalized spacial score (nSPS) is 12.0. The molecule has 2 aromatic rings. The number of hydrogen-bond acceptors (Lipinski definition) is 4. The van der Waals surface area contributed by atoms with E-state index in [1.807, 2.05) is 42.6 Å². The van der Waals surface area contributed by atoms with Gasteiger partial charge in [0.25, 0.3) is 0 Å². The van der Waals surface area contributed by atoms with Crippen LogP contribution >= 0.6 is 0 Å². The van der Waals surface area contributed by atoms with Crippen molar-refractivity contribution >= 4 is 11.6 Å². The lowest BCUT2D eigenvalue weighted by Crippen LogP contribution is -2.24. The molecule has 1 heterocycles. The van der Waals surface area contributed by atoms with Gasteiger partial charge >= 0.3 is 0 Å². The summed E-state index contributed by atoms with van der Waals surface area (Å²) in [5.41, 5.74) is 8.86. The van der Waals surface area contributed by atoms with Crippen LogP contribution in [0.2, 0.25) is 0 Å². The van der Waals surface area contributed by atoms with Gasteiger partial charge in [-0.3, -0.25) is 14.9 Å². The lowest BCUT2D eigenvalue weighted by Gasteiger charge is -2.21. The lowest BCUT2D eigenvalue weighted by atomic mass is 10.1. The highest BCUT2D eigenvalue weighted by atomic mass is 16.2. The van der Waals surface area contributed by atoms with Crippen LogP contribution in [-0.4, -0.2) is 41.1 Å². The topological polar surface area (TPSA) is 86.8 Å². The number of aliphatic imine (C=N–C) groups is 1. The molecule has 0 aliphatic carbocycles. The fourth-order valence-corrected chi connectivity index (χ4v) is 2.53. The number of nitrogens with two attached hydrogens (primary N) is 1. The quantitative estimate of drug-likeness (QED) is 0.366. The first-order valence-corrected chi connectivity index (χ1v) is 8.67. The molecule has 0 amide bonds. The molecule has 0 fully saturated rings. The van der Waals surface area contributed by atoms with Gasteiger partial charge in [-0.05, 0) is 36.2 Å². The van der Waals surface area contributed by atoms with Crippen LogP contribution in [0.25, 0.3) is 0 Å². The maximum absolute atomic E-state index is 8.92. The maximum Gasteiger partial charge on any atom is 0.192 e. The van der Waals surface area contributed by atoms with E-state index in [4.69, 9.17) is 10.8 Å². The van der Waals surface area contributed by atoms with Crippen molar-refractivity contribution in [2.24, 2.45) is 10.7 Å². The van der Waals surface area contributed by atoms with Crippen molar-refractivity contribution in [1.29, 1.82) is 0 Å². The van der Waals surface area contributed by atoms with E-state index in [1.165, 1.54) is 5.56 Å².